The third-order valence-corrected chi connectivity index (χ3v) is 3.36. The first kappa shape index (κ1) is 11.6. The fourth-order valence-corrected chi connectivity index (χ4v) is 2.28. The van der Waals surface area contributed by atoms with E-state index in [1.54, 1.807) is 13.2 Å². The number of hydrogen-bond donors (Lipinski definition) is 3. The maximum Gasteiger partial charge on any atom is 0.224 e. The van der Waals surface area contributed by atoms with Gasteiger partial charge in [0, 0.05) is 13.2 Å². The van der Waals surface area contributed by atoms with Crippen molar-refractivity contribution in [3.05, 3.63) is 10.7 Å². The maximum atomic E-state index is 9.69. The predicted octanol–water partition coefficient (Wildman–Crippen LogP) is 1.61. The lowest BCUT2D eigenvalue weighted by Gasteiger charge is -2.16. The normalized spacial score (nSPS) is 24.4. The molecule has 0 spiro atoms. The number of nitrogens with one attached hydrogen (secondary N) is 2. The molecule has 5 nitrogen and oxygen atoms in total. The predicted molar refractivity (Wildman–Crippen MR) is 66.5 cm³/mol. The van der Waals surface area contributed by atoms with Gasteiger partial charge in [0.1, 0.15) is 5.82 Å². The quantitative estimate of drug-likeness (QED) is 0.788. The summed E-state index contributed by atoms with van der Waals surface area (Å²) in [6.45, 7) is 0. The Kier molecular flexibility index (Phi) is 3.60. The Morgan fingerprint density at radius 2 is 2.31 bits per heavy atom. The molecule has 0 unspecified atom stereocenters. The van der Waals surface area contributed by atoms with Gasteiger partial charge in [-0.25, -0.2) is 4.98 Å². The minimum absolute atomic E-state index is 0.0749. The molecule has 1 aliphatic carbocycles. The molecule has 2 atom stereocenters. The van der Waals surface area contributed by atoms with Gasteiger partial charge in [0.05, 0.1) is 16.6 Å². The molecule has 16 heavy (non-hydrogen) atoms. The number of halogens is 1. The van der Waals surface area contributed by atoms with Crippen LogP contribution in [0.3, 0.4) is 0 Å². The lowest BCUT2D eigenvalue weighted by molar-refractivity contribution is 0.171. The lowest BCUT2D eigenvalue weighted by Crippen LogP contribution is -2.28. The van der Waals surface area contributed by atoms with Crippen LogP contribution in [0.4, 0.5) is 11.8 Å². The molecule has 6 heteroatoms. The first-order valence-corrected chi connectivity index (χ1v) is 6.15. The molecule has 0 aromatic carbocycles. The number of aliphatic hydroxyl groups is 1. The fraction of sp³-hybridized carbons (Fsp3) is 0.600. The molecule has 1 aromatic heterocycles. The third-order valence-electron chi connectivity index (χ3n) is 2.77. The van der Waals surface area contributed by atoms with Gasteiger partial charge in [0.2, 0.25) is 5.95 Å². The van der Waals surface area contributed by atoms with Crippen LogP contribution >= 0.6 is 15.9 Å². The van der Waals surface area contributed by atoms with Crippen LogP contribution in [0, 0.1) is 0 Å². The highest BCUT2D eigenvalue weighted by atomic mass is 79.9. The summed E-state index contributed by atoms with van der Waals surface area (Å²) < 4.78 is 0.826. The second-order valence-corrected chi connectivity index (χ2v) is 4.74. The van der Waals surface area contributed by atoms with Crippen LogP contribution < -0.4 is 10.6 Å². The van der Waals surface area contributed by atoms with Gasteiger partial charge in [-0.2, -0.15) is 4.98 Å². The summed E-state index contributed by atoms with van der Waals surface area (Å²) in [4.78, 5) is 8.46. The van der Waals surface area contributed by atoms with Gasteiger partial charge >= 0.3 is 0 Å². The molecule has 88 valence electrons. The third kappa shape index (κ3) is 2.44. The minimum atomic E-state index is -0.287. The second-order valence-electron chi connectivity index (χ2n) is 3.89. The van der Waals surface area contributed by atoms with E-state index < -0.39 is 0 Å². The molecule has 0 bridgehead atoms. The number of anilines is 2. The summed E-state index contributed by atoms with van der Waals surface area (Å²) in [6.07, 6.45) is 4.28. The highest BCUT2D eigenvalue weighted by Gasteiger charge is 2.25. The van der Waals surface area contributed by atoms with E-state index in [4.69, 9.17) is 0 Å². The smallest absolute Gasteiger partial charge is 0.224 e. The van der Waals surface area contributed by atoms with Gasteiger partial charge in [-0.3, -0.25) is 0 Å². The molecular formula is C10H15BrN4O. The van der Waals surface area contributed by atoms with Gasteiger partial charge in [0.15, 0.2) is 0 Å². The van der Waals surface area contributed by atoms with E-state index in [2.05, 4.69) is 36.5 Å². The zero-order valence-corrected chi connectivity index (χ0v) is 10.7. The number of nitrogens with zero attached hydrogens (tertiary/aromatic N) is 2. The number of rotatable bonds is 3. The average Bonchev–Trinajstić information content (AvgIpc) is 2.67. The van der Waals surface area contributed by atoms with Gasteiger partial charge < -0.3 is 15.7 Å². The van der Waals surface area contributed by atoms with Crippen LogP contribution in [0.25, 0.3) is 0 Å². The van der Waals surface area contributed by atoms with Crippen LogP contribution in [0.1, 0.15) is 19.3 Å². The summed E-state index contributed by atoms with van der Waals surface area (Å²) in [5, 5.41) is 15.8. The molecule has 1 saturated carbocycles. The molecule has 1 fully saturated rings. The van der Waals surface area contributed by atoms with Crippen molar-refractivity contribution in [2.75, 3.05) is 17.7 Å². The van der Waals surface area contributed by atoms with Gasteiger partial charge in [-0.05, 0) is 35.2 Å². The van der Waals surface area contributed by atoms with Crippen molar-refractivity contribution in [3.63, 3.8) is 0 Å². The van der Waals surface area contributed by atoms with E-state index in [1.807, 2.05) is 0 Å². The van der Waals surface area contributed by atoms with Gasteiger partial charge in [-0.1, -0.05) is 0 Å². The van der Waals surface area contributed by atoms with Crippen LogP contribution in [-0.2, 0) is 0 Å². The summed E-state index contributed by atoms with van der Waals surface area (Å²) in [5.74, 6) is 1.29. The largest absolute Gasteiger partial charge is 0.391 e. The highest BCUT2D eigenvalue weighted by molar-refractivity contribution is 9.10. The van der Waals surface area contributed by atoms with Crippen LogP contribution in [0.5, 0.6) is 0 Å². The summed E-state index contributed by atoms with van der Waals surface area (Å²) in [7, 11) is 1.81. The molecule has 1 aliphatic rings. The standard InChI is InChI=1S/C10H15BrN4O/c1-12-9-6(11)5-13-10(15-9)14-7-3-2-4-8(7)16/h5,7-8,16H,2-4H2,1H3,(H2,12,13,14,15)/t7-,8+/m1/s1. The molecule has 1 heterocycles. The Hall–Kier alpha value is -0.880. The first-order valence-electron chi connectivity index (χ1n) is 5.35. The van der Waals surface area contributed by atoms with Crippen molar-refractivity contribution in [1.29, 1.82) is 0 Å². The Morgan fingerprint density at radius 3 is 2.94 bits per heavy atom. The van der Waals surface area contributed by atoms with E-state index in [0.29, 0.717) is 5.95 Å². The zero-order chi connectivity index (χ0) is 11.5. The van der Waals surface area contributed by atoms with Crippen molar-refractivity contribution >= 4 is 27.7 Å². The van der Waals surface area contributed by atoms with E-state index in [-0.39, 0.29) is 12.1 Å². The molecule has 0 radical (unpaired) electrons. The topological polar surface area (TPSA) is 70.1 Å². The number of aliphatic hydroxyl groups excluding tert-OH is 1. The lowest BCUT2D eigenvalue weighted by atomic mass is 10.2. The van der Waals surface area contributed by atoms with Gasteiger partial charge in [-0.15, -0.1) is 0 Å². The van der Waals surface area contributed by atoms with E-state index >= 15 is 0 Å². The summed E-state index contributed by atoms with van der Waals surface area (Å²) >= 11 is 3.35. The fourth-order valence-electron chi connectivity index (χ4n) is 1.89. The molecule has 3 N–H and O–H groups in total. The minimum Gasteiger partial charge on any atom is -0.391 e. The van der Waals surface area contributed by atoms with Crippen molar-refractivity contribution in [1.82, 2.24) is 9.97 Å². The van der Waals surface area contributed by atoms with E-state index in [9.17, 15) is 5.11 Å². The van der Waals surface area contributed by atoms with Crippen molar-refractivity contribution in [2.45, 2.75) is 31.4 Å². The van der Waals surface area contributed by atoms with Crippen molar-refractivity contribution in [2.24, 2.45) is 0 Å². The molecule has 1 aromatic rings. The Bertz CT molecular complexity index is 374. The number of hydrogen-bond acceptors (Lipinski definition) is 5. The zero-order valence-electron chi connectivity index (χ0n) is 9.07. The SMILES string of the molecule is CNc1nc(N[C@@H]2CCC[C@@H]2O)ncc1Br. The van der Waals surface area contributed by atoms with E-state index in [1.165, 1.54) is 0 Å². The molecule has 0 aliphatic heterocycles. The highest BCUT2D eigenvalue weighted by Crippen LogP contribution is 2.24. The molecule has 0 amide bonds. The van der Waals surface area contributed by atoms with Crippen LogP contribution in [-0.4, -0.2) is 34.3 Å². The van der Waals surface area contributed by atoms with Crippen molar-refractivity contribution in [3.8, 4) is 0 Å². The average molecular weight is 287 g/mol. The van der Waals surface area contributed by atoms with Crippen LogP contribution in [0.15, 0.2) is 10.7 Å². The van der Waals surface area contributed by atoms with Crippen molar-refractivity contribution < 1.29 is 5.11 Å². The molecule has 0 saturated heterocycles. The monoisotopic (exact) mass is 286 g/mol. The summed E-state index contributed by atoms with van der Waals surface area (Å²) in [5.41, 5.74) is 0. The molecular weight excluding hydrogens is 272 g/mol. The second kappa shape index (κ2) is 4.97. The van der Waals surface area contributed by atoms with E-state index in [0.717, 1.165) is 29.6 Å². The van der Waals surface area contributed by atoms with Gasteiger partial charge in [0.25, 0.3) is 0 Å². The number of aromatic nitrogens is 2. The maximum absolute atomic E-state index is 9.69. The van der Waals surface area contributed by atoms with Crippen LogP contribution in [0.2, 0.25) is 0 Å². The Labute approximate surface area is 103 Å². The first-order chi connectivity index (χ1) is 7.70. The molecule has 2 rings (SSSR count). The Morgan fingerprint density at radius 1 is 1.50 bits per heavy atom. The summed E-state index contributed by atoms with van der Waals surface area (Å²) in [6, 6.07) is 0.0749. The Balaban J connectivity index is 2.09.